The molecule has 0 saturated heterocycles. The number of benzene rings is 1. The van der Waals surface area contributed by atoms with E-state index in [1.807, 2.05) is 0 Å². The van der Waals surface area contributed by atoms with Crippen molar-refractivity contribution in [3.8, 4) is 11.5 Å². The average molecular weight is 218 g/mol. The SMILES string of the molecule is COc1ccc(OC)c2nc(C=O)cnc12. The van der Waals surface area contributed by atoms with E-state index in [1.54, 1.807) is 19.2 Å². The number of aldehydes is 1. The topological polar surface area (TPSA) is 61.3 Å². The summed E-state index contributed by atoms with van der Waals surface area (Å²) in [4.78, 5) is 18.9. The Balaban J connectivity index is 2.79. The molecule has 0 spiro atoms. The summed E-state index contributed by atoms with van der Waals surface area (Å²) in [7, 11) is 3.09. The lowest BCUT2D eigenvalue weighted by molar-refractivity contribution is 0.111. The van der Waals surface area contributed by atoms with Crippen LogP contribution in [0.3, 0.4) is 0 Å². The first-order valence-electron chi connectivity index (χ1n) is 4.63. The fourth-order valence-corrected chi connectivity index (χ4v) is 1.45. The highest BCUT2D eigenvalue weighted by Crippen LogP contribution is 2.29. The van der Waals surface area contributed by atoms with Gasteiger partial charge in [0.25, 0.3) is 0 Å². The van der Waals surface area contributed by atoms with Gasteiger partial charge in [-0.1, -0.05) is 0 Å². The van der Waals surface area contributed by atoms with Crippen molar-refractivity contribution in [3.05, 3.63) is 24.0 Å². The van der Waals surface area contributed by atoms with Crippen molar-refractivity contribution in [2.24, 2.45) is 0 Å². The molecule has 2 rings (SSSR count). The van der Waals surface area contributed by atoms with Crippen LogP contribution in [0, 0.1) is 0 Å². The molecule has 0 N–H and O–H groups in total. The maximum absolute atomic E-state index is 10.6. The van der Waals surface area contributed by atoms with Crippen LogP contribution >= 0.6 is 0 Å². The number of fused-ring (bicyclic) bond motifs is 1. The summed E-state index contributed by atoms with van der Waals surface area (Å²) in [6, 6.07) is 3.47. The van der Waals surface area contributed by atoms with E-state index >= 15 is 0 Å². The van der Waals surface area contributed by atoms with Gasteiger partial charge in [-0.15, -0.1) is 0 Å². The van der Waals surface area contributed by atoms with Gasteiger partial charge in [-0.05, 0) is 12.1 Å². The normalized spacial score (nSPS) is 10.1. The molecular weight excluding hydrogens is 208 g/mol. The molecule has 0 unspecified atom stereocenters. The smallest absolute Gasteiger partial charge is 0.170 e. The summed E-state index contributed by atoms with van der Waals surface area (Å²) in [6.45, 7) is 0. The van der Waals surface area contributed by atoms with Crippen LogP contribution in [-0.4, -0.2) is 30.5 Å². The van der Waals surface area contributed by atoms with E-state index in [2.05, 4.69) is 9.97 Å². The number of nitrogens with zero attached hydrogens (tertiary/aromatic N) is 2. The zero-order valence-corrected chi connectivity index (χ0v) is 8.93. The molecule has 1 aromatic carbocycles. The van der Waals surface area contributed by atoms with E-state index in [-0.39, 0.29) is 5.69 Å². The molecule has 5 heteroatoms. The van der Waals surface area contributed by atoms with E-state index in [1.165, 1.54) is 13.3 Å². The lowest BCUT2D eigenvalue weighted by Gasteiger charge is -2.07. The fraction of sp³-hybridized carbons (Fsp3) is 0.182. The van der Waals surface area contributed by atoms with Gasteiger partial charge in [-0.2, -0.15) is 0 Å². The summed E-state index contributed by atoms with van der Waals surface area (Å²) >= 11 is 0. The second-order valence-electron chi connectivity index (χ2n) is 3.08. The van der Waals surface area contributed by atoms with E-state index < -0.39 is 0 Å². The first-order chi connectivity index (χ1) is 7.80. The van der Waals surface area contributed by atoms with Gasteiger partial charge in [-0.3, -0.25) is 4.79 Å². The van der Waals surface area contributed by atoms with Crippen molar-refractivity contribution in [1.29, 1.82) is 0 Å². The summed E-state index contributed by atoms with van der Waals surface area (Å²) in [5.41, 5.74) is 1.36. The van der Waals surface area contributed by atoms with Crippen LogP contribution in [0.5, 0.6) is 11.5 Å². The summed E-state index contributed by atoms with van der Waals surface area (Å²) in [5.74, 6) is 1.16. The van der Waals surface area contributed by atoms with E-state index in [4.69, 9.17) is 9.47 Å². The number of carbonyl (C=O) groups is 1. The molecule has 5 nitrogen and oxygen atoms in total. The van der Waals surface area contributed by atoms with Crippen LogP contribution in [0.25, 0.3) is 11.0 Å². The number of hydrogen-bond donors (Lipinski definition) is 0. The number of rotatable bonds is 3. The number of hydrogen-bond acceptors (Lipinski definition) is 5. The zero-order valence-electron chi connectivity index (χ0n) is 8.93. The number of ether oxygens (including phenoxy) is 2. The molecule has 1 aromatic heterocycles. The molecule has 16 heavy (non-hydrogen) atoms. The monoisotopic (exact) mass is 218 g/mol. The predicted molar refractivity (Wildman–Crippen MR) is 58.0 cm³/mol. The van der Waals surface area contributed by atoms with Crippen molar-refractivity contribution in [1.82, 2.24) is 9.97 Å². The quantitative estimate of drug-likeness (QED) is 0.730. The minimum atomic E-state index is 0.263. The molecule has 0 saturated carbocycles. The first kappa shape index (κ1) is 10.4. The minimum absolute atomic E-state index is 0.263. The van der Waals surface area contributed by atoms with Gasteiger partial charge < -0.3 is 9.47 Å². The lowest BCUT2D eigenvalue weighted by Crippen LogP contribution is -1.96. The predicted octanol–water partition coefficient (Wildman–Crippen LogP) is 1.46. The standard InChI is InChI=1S/C11H10N2O3/c1-15-8-3-4-9(16-2)11-10(8)12-5-7(6-14)13-11/h3-6H,1-2H3. The zero-order chi connectivity index (χ0) is 11.5. The number of methoxy groups -OCH3 is 2. The largest absolute Gasteiger partial charge is 0.494 e. The van der Waals surface area contributed by atoms with Crippen molar-refractivity contribution >= 4 is 17.3 Å². The van der Waals surface area contributed by atoms with Crippen LogP contribution in [0.2, 0.25) is 0 Å². The molecular formula is C11H10N2O3. The second kappa shape index (κ2) is 4.14. The van der Waals surface area contributed by atoms with Crippen LogP contribution in [-0.2, 0) is 0 Å². The van der Waals surface area contributed by atoms with E-state index in [0.29, 0.717) is 28.8 Å². The van der Waals surface area contributed by atoms with Crippen molar-refractivity contribution < 1.29 is 14.3 Å². The van der Waals surface area contributed by atoms with Crippen LogP contribution < -0.4 is 9.47 Å². The van der Waals surface area contributed by atoms with Gasteiger partial charge >= 0.3 is 0 Å². The molecule has 0 amide bonds. The molecule has 0 aliphatic heterocycles. The lowest BCUT2D eigenvalue weighted by atomic mass is 10.2. The Kier molecular flexibility index (Phi) is 2.68. The Hall–Kier alpha value is -2.17. The van der Waals surface area contributed by atoms with Crippen molar-refractivity contribution in [2.45, 2.75) is 0 Å². The maximum Gasteiger partial charge on any atom is 0.170 e. The number of carbonyl (C=O) groups excluding carboxylic acids is 1. The third-order valence-electron chi connectivity index (χ3n) is 2.20. The van der Waals surface area contributed by atoms with Crippen LogP contribution in [0.4, 0.5) is 0 Å². The van der Waals surface area contributed by atoms with E-state index in [0.717, 1.165) is 0 Å². The van der Waals surface area contributed by atoms with Gasteiger partial charge in [0.15, 0.2) is 6.29 Å². The molecule has 0 aliphatic rings. The van der Waals surface area contributed by atoms with Crippen molar-refractivity contribution in [2.75, 3.05) is 14.2 Å². The van der Waals surface area contributed by atoms with E-state index in [9.17, 15) is 4.79 Å². The highest BCUT2D eigenvalue weighted by molar-refractivity contribution is 5.88. The first-order valence-corrected chi connectivity index (χ1v) is 4.63. The molecule has 0 radical (unpaired) electrons. The second-order valence-corrected chi connectivity index (χ2v) is 3.08. The Morgan fingerprint density at radius 1 is 1.12 bits per heavy atom. The van der Waals surface area contributed by atoms with Gasteiger partial charge in [0.05, 0.1) is 20.4 Å². The van der Waals surface area contributed by atoms with Crippen molar-refractivity contribution in [3.63, 3.8) is 0 Å². The Labute approximate surface area is 92.0 Å². The molecule has 82 valence electrons. The minimum Gasteiger partial charge on any atom is -0.494 e. The summed E-state index contributed by atoms with van der Waals surface area (Å²) < 4.78 is 10.3. The van der Waals surface area contributed by atoms with Gasteiger partial charge in [-0.25, -0.2) is 9.97 Å². The summed E-state index contributed by atoms with van der Waals surface area (Å²) in [6.07, 6.45) is 2.04. The van der Waals surface area contributed by atoms with Gasteiger partial charge in [0.1, 0.15) is 28.2 Å². The van der Waals surface area contributed by atoms with Gasteiger partial charge in [0.2, 0.25) is 0 Å². The molecule has 0 atom stereocenters. The maximum atomic E-state index is 10.6. The fourth-order valence-electron chi connectivity index (χ4n) is 1.45. The van der Waals surface area contributed by atoms with Crippen LogP contribution in [0.1, 0.15) is 10.5 Å². The molecule has 0 aliphatic carbocycles. The van der Waals surface area contributed by atoms with Crippen LogP contribution in [0.15, 0.2) is 18.3 Å². The third-order valence-corrected chi connectivity index (χ3v) is 2.20. The Morgan fingerprint density at radius 2 is 1.75 bits per heavy atom. The molecule has 1 heterocycles. The molecule has 0 bridgehead atoms. The third kappa shape index (κ3) is 1.56. The number of aromatic nitrogens is 2. The highest BCUT2D eigenvalue weighted by atomic mass is 16.5. The molecule has 2 aromatic rings. The summed E-state index contributed by atoms with van der Waals surface area (Å²) in [5, 5.41) is 0. The Bertz CT molecular complexity index is 540. The highest BCUT2D eigenvalue weighted by Gasteiger charge is 2.10. The van der Waals surface area contributed by atoms with Gasteiger partial charge in [0, 0.05) is 0 Å². The average Bonchev–Trinajstić information content (AvgIpc) is 2.36. The molecule has 0 fully saturated rings. The Morgan fingerprint density at radius 3 is 2.31 bits per heavy atom.